The minimum Gasteiger partial charge on any atom is -0.478 e. The van der Waals surface area contributed by atoms with Crippen molar-refractivity contribution in [2.75, 3.05) is 11.9 Å². The van der Waals surface area contributed by atoms with Gasteiger partial charge in [-0.3, -0.25) is 0 Å². The normalized spacial score (nSPS) is 23.1. The van der Waals surface area contributed by atoms with E-state index in [2.05, 4.69) is 6.92 Å². The van der Waals surface area contributed by atoms with Gasteiger partial charge in [-0.1, -0.05) is 13.0 Å². The first-order valence-corrected chi connectivity index (χ1v) is 6.75. The molecule has 1 N–H and O–H groups in total. The quantitative estimate of drug-likeness (QED) is 0.908. The lowest BCUT2D eigenvalue weighted by Crippen LogP contribution is -2.35. The van der Waals surface area contributed by atoms with Gasteiger partial charge in [-0.15, -0.1) is 0 Å². The number of carboxylic acids is 1. The number of rotatable bonds is 3. The zero-order chi connectivity index (χ0) is 14.0. The minimum absolute atomic E-state index is 0.219. The second-order valence-electron chi connectivity index (χ2n) is 5.46. The van der Waals surface area contributed by atoms with Crippen LogP contribution >= 0.6 is 0 Å². The average molecular weight is 265 g/mol. The van der Waals surface area contributed by atoms with E-state index in [4.69, 9.17) is 5.11 Å². The van der Waals surface area contributed by atoms with E-state index >= 15 is 0 Å². The predicted molar refractivity (Wildman–Crippen MR) is 73.2 cm³/mol. The molecule has 19 heavy (non-hydrogen) atoms. The van der Waals surface area contributed by atoms with Crippen LogP contribution in [-0.2, 0) is 0 Å². The van der Waals surface area contributed by atoms with Gasteiger partial charge < -0.3 is 10.0 Å². The molecule has 4 heteroatoms. The van der Waals surface area contributed by atoms with Crippen molar-refractivity contribution in [1.82, 2.24) is 0 Å². The summed E-state index contributed by atoms with van der Waals surface area (Å²) in [4.78, 5) is 13.1. The van der Waals surface area contributed by atoms with E-state index in [9.17, 15) is 9.18 Å². The van der Waals surface area contributed by atoms with Gasteiger partial charge in [0.05, 0.1) is 5.69 Å². The van der Waals surface area contributed by atoms with Crippen molar-refractivity contribution in [2.45, 2.75) is 38.6 Å². The highest BCUT2D eigenvalue weighted by molar-refractivity contribution is 5.94. The smallest absolute Gasteiger partial charge is 0.340 e. The molecule has 104 valence electrons. The molecule has 0 heterocycles. The number of carboxylic acid groups (broad SMARTS) is 1. The SMILES string of the molecule is CC1CCC(N(C)c2cccc(F)c2C(=O)O)CC1. The Bertz CT molecular complexity index is 467. The summed E-state index contributed by atoms with van der Waals surface area (Å²) in [5.74, 6) is -1.14. The third-order valence-corrected chi connectivity index (χ3v) is 4.12. The van der Waals surface area contributed by atoms with Crippen molar-refractivity contribution >= 4 is 11.7 Å². The molecule has 1 aliphatic rings. The molecular formula is C15H20FNO2. The maximum atomic E-state index is 13.7. The molecule has 0 saturated heterocycles. The molecule has 1 aromatic rings. The van der Waals surface area contributed by atoms with Gasteiger partial charge in [0.1, 0.15) is 11.4 Å². The van der Waals surface area contributed by atoms with E-state index in [1.807, 2.05) is 11.9 Å². The third-order valence-electron chi connectivity index (χ3n) is 4.12. The van der Waals surface area contributed by atoms with Crippen LogP contribution in [0.1, 0.15) is 43.0 Å². The molecule has 2 rings (SSSR count). The molecule has 1 aliphatic carbocycles. The van der Waals surface area contributed by atoms with Gasteiger partial charge in [-0.05, 0) is 43.7 Å². The number of aromatic carboxylic acids is 1. The van der Waals surface area contributed by atoms with Crippen LogP contribution in [-0.4, -0.2) is 24.2 Å². The fourth-order valence-electron chi connectivity index (χ4n) is 2.84. The summed E-state index contributed by atoms with van der Waals surface area (Å²) in [6, 6.07) is 4.75. The van der Waals surface area contributed by atoms with Crippen LogP contribution in [0, 0.1) is 11.7 Å². The van der Waals surface area contributed by atoms with Crippen LogP contribution < -0.4 is 4.90 Å². The third kappa shape index (κ3) is 2.88. The zero-order valence-corrected chi connectivity index (χ0v) is 11.4. The average Bonchev–Trinajstić information content (AvgIpc) is 2.38. The number of benzene rings is 1. The largest absolute Gasteiger partial charge is 0.478 e. The predicted octanol–water partition coefficient (Wildman–Crippen LogP) is 3.54. The maximum absolute atomic E-state index is 13.7. The maximum Gasteiger partial charge on any atom is 0.340 e. The summed E-state index contributed by atoms with van der Waals surface area (Å²) in [5.41, 5.74) is 0.260. The second kappa shape index (κ2) is 5.59. The van der Waals surface area contributed by atoms with Gasteiger partial charge in [-0.2, -0.15) is 0 Å². The van der Waals surface area contributed by atoms with Crippen LogP contribution in [0.2, 0.25) is 0 Å². The molecule has 0 aliphatic heterocycles. The molecule has 3 nitrogen and oxygen atoms in total. The summed E-state index contributed by atoms with van der Waals surface area (Å²) >= 11 is 0. The molecule has 1 saturated carbocycles. The molecule has 0 amide bonds. The Morgan fingerprint density at radius 1 is 1.32 bits per heavy atom. The highest BCUT2D eigenvalue weighted by Crippen LogP contribution is 2.31. The van der Waals surface area contributed by atoms with Crippen LogP contribution in [0.3, 0.4) is 0 Å². The minimum atomic E-state index is -1.20. The zero-order valence-electron chi connectivity index (χ0n) is 11.4. The van der Waals surface area contributed by atoms with Crippen molar-refractivity contribution < 1.29 is 14.3 Å². The van der Waals surface area contributed by atoms with Crippen molar-refractivity contribution in [3.63, 3.8) is 0 Å². The summed E-state index contributed by atoms with van der Waals surface area (Å²) < 4.78 is 13.7. The molecule has 0 radical (unpaired) electrons. The highest BCUT2D eigenvalue weighted by atomic mass is 19.1. The van der Waals surface area contributed by atoms with Gasteiger partial charge in [-0.25, -0.2) is 9.18 Å². The first-order chi connectivity index (χ1) is 9.00. The molecular weight excluding hydrogens is 245 g/mol. The second-order valence-corrected chi connectivity index (χ2v) is 5.46. The van der Waals surface area contributed by atoms with E-state index in [1.165, 1.54) is 6.07 Å². The first kappa shape index (κ1) is 13.8. The van der Waals surface area contributed by atoms with E-state index in [0.29, 0.717) is 11.7 Å². The molecule has 1 aromatic carbocycles. The summed E-state index contributed by atoms with van der Waals surface area (Å²) in [7, 11) is 1.86. The molecule has 1 fully saturated rings. The Morgan fingerprint density at radius 3 is 2.53 bits per heavy atom. The Balaban J connectivity index is 2.26. The highest BCUT2D eigenvalue weighted by Gasteiger charge is 2.26. The number of hydrogen-bond donors (Lipinski definition) is 1. The Labute approximate surface area is 113 Å². The first-order valence-electron chi connectivity index (χ1n) is 6.75. The number of hydrogen-bond acceptors (Lipinski definition) is 2. The standard InChI is InChI=1S/C15H20FNO2/c1-10-6-8-11(9-7-10)17(2)13-5-3-4-12(16)14(13)15(18)19/h3-5,10-11H,6-9H2,1-2H3,(H,18,19). The van der Waals surface area contributed by atoms with E-state index in [-0.39, 0.29) is 5.56 Å². The molecule has 0 spiro atoms. The van der Waals surface area contributed by atoms with Crippen LogP contribution in [0.15, 0.2) is 18.2 Å². The Morgan fingerprint density at radius 2 is 1.95 bits per heavy atom. The number of halogens is 1. The van der Waals surface area contributed by atoms with E-state index in [0.717, 1.165) is 31.6 Å². The van der Waals surface area contributed by atoms with Crippen molar-refractivity contribution in [3.05, 3.63) is 29.6 Å². The van der Waals surface area contributed by atoms with Gasteiger partial charge >= 0.3 is 5.97 Å². The summed E-state index contributed by atoms with van der Waals surface area (Å²) in [6.45, 7) is 2.24. The van der Waals surface area contributed by atoms with Crippen molar-refractivity contribution in [1.29, 1.82) is 0 Å². The molecule has 0 bridgehead atoms. The van der Waals surface area contributed by atoms with Crippen LogP contribution in [0.25, 0.3) is 0 Å². The van der Waals surface area contributed by atoms with Gasteiger partial charge in [0.2, 0.25) is 0 Å². The molecule has 0 atom stereocenters. The van der Waals surface area contributed by atoms with Crippen molar-refractivity contribution in [2.24, 2.45) is 5.92 Å². The Kier molecular flexibility index (Phi) is 4.08. The summed E-state index contributed by atoms with van der Waals surface area (Å²) in [5, 5.41) is 9.17. The Hall–Kier alpha value is -1.58. The van der Waals surface area contributed by atoms with E-state index < -0.39 is 11.8 Å². The van der Waals surface area contributed by atoms with Crippen LogP contribution in [0.5, 0.6) is 0 Å². The molecule has 0 aromatic heterocycles. The van der Waals surface area contributed by atoms with Crippen molar-refractivity contribution in [3.8, 4) is 0 Å². The van der Waals surface area contributed by atoms with Gasteiger partial charge in [0.15, 0.2) is 0 Å². The summed E-state index contributed by atoms with van der Waals surface area (Å²) in [6.07, 6.45) is 4.36. The topological polar surface area (TPSA) is 40.5 Å². The lowest BCUT2D eigenvalue weighted by Gasteiger charge is -2.35. The monoisotopic (exact) mass is 265 g/mol. The van der Waals surface area contributed by atoms with Gasteiger partial charge in [0, 0.05) is 13.1 Å². The van der Waals surface area contributed by atoms with Gasteiger partial charge in [0.25, 0.3) is 0 Å². The molecule has 0 unspecified atom stereocenters. The number of nitrogens with zero attached hydrogens (tertiary/aromatic N) is 1. The number of carbonyl (C=O) groups is 1. The lowest BCUT2D eigenvalue weighted by atomic mass is 9.86. The van der Waals surface area contributed by atoms with E-state index in [1.54, 1.807) is 12.1 Å². The fraction of sp³-hybridized carbons (Fsp3) is 0.533. The fourth-order valence-corrected chi connectivity index (χ4v) is 2.84. The number of anilines is 1. The lowest BCUT2D eigenvalue weighted by molar-refractivity contribution is 0.0692. The van der Waals surface area contributed by atoms with Crippen LogP contribution in [0.4, 0.5) is 10.1 Å².